The number of aryl methyl sites for hydroxylation is 1. The Morgan fingerprint density at radius 2 is 1.88 bits per heavy atom. The average molecular weight is 235 g/mol. The second kappa shape index (κ2) is 5.65. The molecule has 0 amide bonds. The molecule has 17 heavy (non-hydrogen) atoms. The highest BCUT2D eigenvalue weighted by Crippen LogP contribution is 2.32. The van der Waals surface area contributed by atoms with Crippen molar-refractivity contribution in [2.45, 2.75) is 39.8 Å². The van der Waals surface area contributed by atoms with Crippen LogP contribution in [0.4, 0.5) is 0 Å². The van der Waals surface area contributed by atoms with Gasteiger partial charge in [0.2, 0.25) is 0 Å². The van der Waals surface area contributed by atoms with Crippen LogP contribution in [0.5, 0.6) is 0 Å². The standard InChI is InChI=1S/C15H25NO/c1-11-8-7-9-12(10-11)13(16-5)14(17-6)15(2,3)4/h7-10,13-14,16H,1-6H3. The van der Waals surface area contributed by atoms with E-state index in [1.165, 1.54) is 11.1 Å². The molecule has 2 atom stereocenters. The van der Waals surface area contributed by atoms with E-state index in [2.05, 4.69) is 57.3 Å². The molecule has 0 saturated carbocycles. The minimum absolute atomic E-state index is 0.103. The third-order valence-electron chi connectivity index (χ3n) is 3.12. The van der Waals surface area contributed by atoms with Crippen LogP contribution in [0.2, 0.25) is 0 Å². The molecule has 0 aromatic heterocycles. The van der Waals surface area contributed by atoms with Gasteiger partial charge in [-0.25, -0.2) is 0 Å². The average Bonchev–Trinajstić information content (AvgIpc) is 2.23. The van der Waals surface area contributed by atoms with E-state index in [9.17, 15) is 0 Å². The van der Waals surface area contributed by atoms with Gasteiger partial charge in [-0.1, -0.05) is 50.6 Å². The molecule has 0 aliphatic carbocycles. The lowest BCUT2D eigenvalue weighted by atomic mass is 9.82. The van der Waals surface area contributed by atoms with Crippen LogP contribution < -0.4 is 5.32 Å². The Labute approximate surface area is 105 Å². The zero-order chi connectivity index (χ0) is 13.1. The fourth-order valence-electron chi connectivity index (χ4n) is 2.35. The predicted molar refractivity (Wildman–Crippen MR) is 73.2 cm³/mol. The molecule has 2 nitrogen and oxygen atoms in total. The van der Waals surface area contributed by atoms with Crippen molar-refractivity contribution in [2.75, 3.05) is 14.2 Å². The van der Waals surface area contributed by atoms with Crippen molar-refractivity contribution >= 4 is 0 Å². The summed E-state index contributed by atoms with van der Waals surface area (Å²) in [6.07, 6.45) is 0.147. The monoisotopic (exact) mass is 235 g/mol. The number of likely N-dealkylation sites (N-methyl/N-ethyl adjacent to an activating group) is 1. The molecule has 1 aromatic carbocycles. The van der Waals surface area contributed by atoms with Crippen molar-refractivity contribution in [1.29, 1.82) is 0 Å². The van der Waals surface area contributed by atoms with E-state index in [-0.39, 0.29) is 17.6 Å². The lowest BCUT2D eigenvalue weighted by molar-refractivity contribution is -0.0101. The van der Waals surface area contributed by atoms with E-state index >= 15 is 0 Å². The maximum absolute atomic E-state index is 5.70. The Balaban J connectivity index is 3.05. The molecule has 1 rings (SSSR count). The third kappa shape index (κ3) is 3.55. The van der Waals surface area contributed by atoms with Gasteiger partial charge in [0, 0.05) is 7.11 Å². The van der Waals surface area contributed by atoms with E-state index in [0.29, 0.717) is 0 Å². The summed E-state index contributed by atoms with van der Waals surface area (Å²) in [5, 5.41) is 3.38. The number of nitrogens with one attached hydrogen (secondary N) is 1. The lowest BCUT2D eigenvalue weighted by Gasteiger charge is -2.36. The van der Waals surface area contributed by atoms with Crippen LogP contribution >= 0.6 is 0 Å². The zero-order valence-corrected chi connectivity index (χ0v) is 11.9. The van der Waals surface area contributed by atoms with Crippen LogP contribution in [0.1, 0.15) is 37.9 Å². The highest BCUT2D eigenvalue weighted by Gasteiger charge is 2.32. The first kappa shape index (κ1) is 14.2. The molecule has 2 heteroatoms. The summed E-state index contributed by atoms with van der Waals surface area (Å²) in [6.45, 7) is 8.75. The van der Waals surface area contributed by atoms with Crippen molar-refractivity contribution in [2.24, 2.45) is 5.41 Å². The molecular weight excluding hydrogens is 210 g/mol. The van der Waals surface area contributed by atoms with Crippen molar-refractivity contribution in [3.8, 4) is 0 Å². The molecule has 0 heterocycles. The highest BCUT2D eigenvalue weighted by molar-refractivity contribution is 5.26. The van der Waals surface area contributed by atoms with Gasteiger partial charge in [-0.2, -0.15) is 0 Å². The van der Waals surface area contributed by atoms with Gasteiger partial charge < -0.3 is 10.1 Å². The van der Waals surface area contributed by atoms with Crippen LogP contribution in [-0.4, -0.2) is 20.3 Å². The van der Waals surface area contributed by atoms with Gasteiger partial charge in [-0.15, -0.1) is 0 Å². The minimum Gasteiger partial charge on any atom is -0.379 e. The molecule has 0 aliphatic heterocycles. The maximum Gasteiger partial charge on any atom is 0.0813 e. The van der Waals surface area contributed by atoms with E-state index in [1.54, 1.807) is 7.11 Å². The molecule has 2 unspecified atom stereocenters. The second-order valence-electron chi connectivity index (χ2n) is 5.70. The van der Waals surface area contributed by atoms with Gasteiger partial charge in [0.1, 0.15) is 0 Å². The van der Waals surface area contributed by atoms with Gasteiger partial charge >= 0.3 is 0 Å². The van der Waals surface area contributed by atoms with Gasteiger partial charge in [0.25, 0.3) is 0 Å². The number of ether oxygens (including phenoxy) is 1. The van der Waals surface area contributed by atoms with Crippen LogP contribution in [0.15, 0.2) is 24.3 Å². The Bertz CT molecular complexity index is 354. The molecule has 0 saturated heterocycles. The van der Waals surface area contributed by atoms with Gasteiger partial charge in [-0.05, 0) is 24.9 Å². The van der Waals surface area contributed by atoms with E-state index in [0.717, 1.165) is 0 Å². The molecule has 0 radical (unpaired) electrons. The number of hydrogen-bond acceptors (Lipinski definition) is 2. The largest absolute Gasteiger partial charge is 0.379 e. The molecule has 1 aromatic rings. The highest BCUT2D eigenvalue weighted by atomic mass is 16.5. The minimum atomic E-state index is 0.103. The van der Waals surface area contributed by atoms with E-state index in [1.807, 2.05) is 7.05 Å². The SMILES string of the molecule is CNC(c1cccc(C)c1)C(OC)C(C)(C)C. The summed E-state index contributed by atoms with van der Waals surface area (Å²) in [5.41, 5.74) is 2.67. The van der Waals surface area contributed by atoms with E-state index in [4.69, 9.17) is 4.74 Å². The quantitative estimate of drug-likeness (QED) is 0.864. The topological polar surface area (TPSA) is 21.3 Å². The summed E-state index contributed by atoms with van der Waals surface area (Å²) < 4.78 is 5.70. The summed E-state index contributed by atoms with van der Waals surface area (Å²) in [5.74, 6) is 0. The smallest absolute Gasteiger partial charge is 0.0813 e. The van der Waals surface area contributed by atoms with Crippen molar-refractivity contribution in [3.05, 3.63) is 35.4 Å². The van der Waals surface area contributed by atoms with Crippen LogP contribution in [0.25, 0.3) is 0 Å². The first-order valence-corrected chi connectivity index (χ1v) is 6.16. The molecule has 0 aliphatic rings. The molecule has 0 fully saturated rings. The molecular formula is C15H25NO. The fourth-order valence-corrected chi connectivity index (χ4v) is 2.35. The zero-order valence-electron chi connectivity index (χ0n) is 11.9. The predicted octanol–water partition coefficient (Wildman–Crippen LogP) is 3.32. The number of methoxy groups -OCH3 is 1. The first-order valence-electron chi connectivity index (χ1n) is 6.16. The first-order chi connectivity index (χ1) is 7.90. The summed E-state index contributed by atoms with van der Waals surface area (Å²) in [4.78, 5) is 0. The lowest BCUT2D eigenvalue weighted by Crippen LogP contribution is -2.40. The number of benzene rings is 1. The summed E-state index contributed by atoms with van der Waals surface area (Å²) in [6, 6.07) is 8.82. The Hall–Kier alpha value is -0.860. The Morgan fingerprint density at radius 1 is 1.24 bits per heavy atom. The van der Waals surface area contributed by atoms with Gasteiger partial charge in [0.05, 0.1) is 12.1 Å². The van der Waals surface area contributed by atoms with Gasteiger partial charge in [-0.3, -0.25) is 0 Å². The fraction of sp³-hybridized carbons (Fsp3) is 0.600. The van der Waals surface area contributed by atoms with Crippen LogP contribution in [-0.2, 0) is 4.74 Å². The van der Waals surface area contributed by atoms with Crippen LogP contribution in [0.3, 0.4) is 0 Å². The normalized spacial score (nSPS) is 15.6. The van der Waals surface area contributed by atoms with Crippen molar-refractivity contribution in [1.82, 2.24) is 5.32 Å². The molecule has 96 valence electrons. The van der Waals surface area contributed by atoms with E-state index < -0.39 is 0 Å². The second-order valence-corrected chi connectivity index (χ2v) is 5.70. The number of hydrogen-bond donors (Lipinski definition) is 1. The Morgan fingerprint density at radius 3 is 2.29 bits per heavy atom. The third-order valence-corrected chi connectivity index (χ3v) is 3.12. The van der Waals surface area contributed by atoms with Gasteiger partial charge in [0.15, 0.2) is 0 Å². The van der Waals surface area contributed by atoms with Crippen LogP contribution in [0, 0.1) is 12.3 Å². The molecule has 0 spiro atoms. The Kier molecular flexibility index (Phi) is 4.72. The summed E-state index contributed by atoms with van der Waals surface area (Å²) >= 11 is 0. The molecule has 1 N–H and O–H groups in total. The van der Waals surface area contributed by atoms with Crippen molar-refractivity contribution in [3.63, 3.8) is 0 Å². The summed E-state index contributed by atoms with van der Waals surface area (Å²) in [7, 11) is 3.78. The molecule has 0 bridgehead atoms. The number of rotatable bonds is 4. The van der Waals surface area contributed by atoms with Crippen molar-refractivity contribution < 1.29 is 4.74 Å². The maximum atomic E-state index is 5.70.